The van der Waals surface area contributed by atoms with E-state index in [2.05, 4.69) is 0 Å². The van der Waals surface area contributed by atoms with Gasteiger partial charge in [0.2, 0.25) is 0 Å². The summed E-state index contributed by atoms with van der Waals surface area (Å²) in [4.78, 5) is 10.7. The molecule has 0 aliphatic heterocycles. The van der Waals surface area contributed by atoms with Crippen LogP contribution in [0.15, 0.2) is 59.4 Å². The van der Waals surface area contributed by atoms with Crippen LogP contribution in [-0.4, -0.2) is 6.29 Å². The third-order valence-electron chi connectivity index (χ3n) is 2.87. The lowest BCUT2D eigenvalue weighted by atomic mass is 9.99. The van der Waals surface area contributed by atoms with Gasteiger partial charge in [0.05, 0.1) is 12.5 Å². The van der Waals surface area contributed by atoms with Gasteiger partial charge in [0.15, 0.2) is 0 Å². The molecule has 0 saturated carbocycles. The molecule has 82 valence electrons. The van der Waals surface area contributed by atoms with E-state index in [9.17, 15) is 4.79 Å². The third-order valence-corrected chi connectivity index (χ3v) is 2.87. The zero-order chi connectivity index (χ0) is 11.7. The highest BCUT2D eigenvalue weighted by Crippen LogP contribution is 2.29. The molecule has 0 aliphatic rings. The number of furan rings is 1. The average molecular weight is 222 g/mol. The number of benzene rings is 2. The van der Waals surface area contributed by atoms with Gasteiger partial charge < -0.3 is 4.42 Å². The molecule has 0 bridgehead atoms. The summed E-state index contributed by atoms with van der Waals surface area (Å²) in [5.74, 6) is 0. The lowest BCUT2D eigenvalue weighted by Gasteiger charge is -2.04. The van der Waals surface area contributed by atoms with Gasteiger partial charge in [-0.1, -0.05) is 30.3 Å². The average Bonchev–Trinajstić information content (AvgIpc) is 2.91. The first-order valence-corrected chi connectivity index (χ1v) is 5.39. The van der Waals surface area contributed by atoms with E-state index in [1.54, 1.807) is 12.5 Å². The number of carbonyl (C=O) groups excluding carboxylic acids is 1. The summed E-state index contributed by atoms with van der Waals surface area (Å²) in [7, 11) is 0. The first kappa shape index (κ1) is 9.85. The van der Waals surface area contributed by atoms with Crippen LogP contribution >= 0.6 is 0 Å². The monoisotopic (exact) mass is 222 g/mol. The van der Waals surface area contributed by atoms with Crippen LogP contribution in [0.2, 0.25) is 0 Å². The zero-order valence-electron chi connectivity index (χ0n) is 9.09. The fourth-order valence-corrected chi connectivity index (χ4v) is 2.04. The van der Waals surface area contributed by atoms with Crippen molar-refractivity contribution in [1.82, 2.24) is 0 Å². The van der Waals surface area contributed by atoms with Gasteiger partial charge in [-0.05, 0) is 28.5 Å². The second kappa shape index (κ2) is 3.91. The smallest absolute Gasteiger partial charge is 0.150 e. The van der Waals surface area contributed by atoms with Crippen LogP contribution in [0.4, 0.5) is 0 Å². The number of rotatable bonds is 2. The predicted molar refractivity (Wildman–Crippen MR) is 67.0 cm³/mol. The zero-order valence-corrected chi connectivity index (χ0v) is 9.09. The Morgan fingerprint density at radius 1 is 1.06 bits per heavy atom. The largest absolute Gasteiger partial charge is 0.472 e. The van der Waals surface area contributed by atoms with Gasteiger partial charge in [-0.15, -0.1) is 0 Å². The lowest BCUT2D eigenvalue weighted by molar-refractivity contribution is 0.112. The number of fused-ring (bicyclic) bond motifs is 1. The Morgan fingerprint density at radius 2 is 2.00 bits per heavy atom. The SMILES string of the molecule is O=Cc1ccc2c(-c3ccoc3)cccc2c1. The second-order valence-electron chi connectivity index (χ2n) is 3.92. The Kier molecular flexibility index (Phi) is 2.26. The van der Waals surface area contributed by atoms with Crippen LogP contribution in [0, 0.1) is 0 Å². The second-order valence-corrected chi connectivity index (χ2v) is 3.92. The van der Waals surface area contributed by atoms with Crippen molar-refractivity contribution >= 4 is 17.1 Å². The highest BCUT2D eigenvalue weighted by molar-refractivity contribution is 5.98. The fraction of sp³-hybridized carbons (Fsp3) is 0. The summed E-state index contributed by atoms with van der Waals surface area (Å²) in [6, 6.07) is 13.7. The molecule has 0 radical (unpaired) electrons. The van der Waals surface area contributed by atoms with Gasteiger partial charge in [0, 0.05) is 11.1 Å². The molecule has 17 heavy (non-hydrogen) atoms. The number of hydrogen-bond donors (Lipinski definition) is 0. The van der Waals surface area contributed by atoms with E-state index in [-0.39, 0.29) is 0 Å². The van der Waals surface area contributed by atoms with Gasteiger partial charge in [0.1, 0.15) is 6.29 Å². The molecule has 0 fully saturated rings. The summed E-state index contributed by atoms with van der Waals surface area (Å²) in [6.07, 6.45) is 4.25. The quantitative estimate of drug-likeness (QED) is 0.615. The van der Waals surface area contributed by atoms with E-state index in [4.69, 9.17) is 4.42 Å². The Hall–Kier alpha value is -2.35. The minimum Gasteiger partial charge on any atom is -0.472 e. The van der Waals surface area contributed by atoms with E-state index in [0.29, 0.717) is 5.56 Å². The third kappa shape index (κ3) is 1.64. The van der Waals surface area contributed by atoms with Crippen LogP contribution in [0.3, 0.4) is 0 Å². The minimum atomic E-state index is 0.696. The topological polar surface area (TPSA) is 30.2 Å². The van der Waals surface area contributed by atoms with Crippen molar-refractivity contribution in [3.63, 3.8) is 0 Å². The minimum absolute atomic E-state index is 0.696. The molecule has 0 aliphatic carbocycles. The number of carbonyl (C=O) groups is 1. The van der Waals surface area contributed by atoms with Crippen LogP contribution in [0.25, 0.3) is 21.9 Å². The number of hydrogen-bond acceptors (Lipinski definition) is 2. The maximum absolute atomic E-state index is 10.7. The van der Waals surface area contributed by atoms with Crippen molar-refractivity contribution in [2.45, 2.75) is 0 Å². The number of aldehydes is 1. The van der Waals surface area contributed by atoms with Gasteiger partial charge in [-0.2, -0.15) is 0 Å². The normalized spacial score (nSPS) is 10.6. The lowest BCUT2D eigenvalue weighted by Crippen LogP contribution is -1.83. The summed E-state index contributed by atoms with van der Waals surface area (Å²) < 4.78 is 5.11. The van der Waals surface area contributed by atoms with E-state index in [0.717, 1.165) is 28.2 Å². The van der Waals surface area contributed by atoms with Gasteiger partial charge in [0.25, 0.3) is 0 Å². The molecule has 0 atom stereocenters. The molecule has 1 heterocycles. The van der Waals surface area contributed by atoms with Crippen molar-refractivity contribution in [2.75, 3.05) is 0 Å². The molecule has 0 saturated heterocycles. The molecular formula is C15H10O2. The summed E-state index contributed by atoms with van der Waals surface area (Å²) in [6.45, 7) is 0. The van der Waals surface area contributed by atoms with Gasteiger partial charge in [-0.25, -0.2) is 0 Å². The van der Waals surface area contributed by atoms with Crippen LogP contribution < -0.4 is 0 Å². The highest BCUT2D eigenvalue weighted by atomic mass is 16.3. The standard InChI is InChI=1S/C15H10O2/c16-9-11-4-5-15-12(8-11)2-1-3-14(15)13-6-7-17-10-13/h1-10H. The maximum Gasteiger partial charge on any atom is 0.150 e. The molecule has 2 nitrogen and oxygen atoms in total. The van der Waals surface area contributed by atoms with E-state index >= 15 is 0 Å². The van der Waals surface area contributed by atoms with Crippen molar-refractivity contribution < 1.29 is 9.21 Å². The molecular weight excluding hydrogens is 212 g/mol. The van der Waals surface area contributed by atoms with E-state index in [1.807, 2.05) is 42.5 Å². The Morgan fingerprint density at radius 3 is 2.76 bits per heavy atom. The van der Waals surface area contributed by atoms with Crippen LogP contribution in [0.1, 0.15) is 10.4 Å². The van der Waals surface area contributed by atoms with Crippen molar-refractivity contribution in [3.8, 4) is 11.1 Å². The van der Waals surface area contributed by atoms with Crippen LogP contribution in [-0.2, 0) is 0 Å². The first-order valence-electron chi connectivity index (χ1n) is 5.39. The highest BCUT2D eigenvalue weighted by Gasteiger charge is 2.04. The Balaban J connectivity index is 2.30. The molecule has 2 heteroatoms. The molecule has 0 spiro atoms. The molecule has 3 aromatic rings. The van der Waals surface area contributed by atoms with Crippen molar-refractivity contribution in [1.29, 1.82) is 0 Å². The van der Waals surface area contributed by atoms with Gasteiger partial charge in [-0.3, -0.25) is 4.79 Å². The molecule has 3 rings (SSSR count). The first-order chi connectivity index (χ1) is 8.38. The Bertz CT molecular complexity index is 666. The Labute approximate surface area is 98.5 Å². The summed E-state index contributed by atoms with van der Waals surface area (Å²) in [5, 5.41) is 2.19. The fourth-order valence-electron chi connectivity index (χ4n) is 2.04. The van der Waals surface area contributed by atoms with Gasteiger partial charge >= 0.3 is 0 Å². The van der Waals surface area contributed by atoms with E-state index < -0.39 is 0 Å². The molecule has 0 unspecified atom stereocenters. The predicted octanol–water partition coefficient (Wildman–Crippen LogP) is 3.91. The molecule has 2 aromatic carbocycles. The van der Waals surface area contributed by atoms with Crippen molar-refractivity contribution in [2.24, 2.45) is 0 Å². The van der Waals surface area contributed by atoms with Crippen LogP contribution in [0.5, 0.6) is 0 Å². The summed E-state index contributed by atoms with van der Waals surface area (Å²) >= 11 is 0. The van der Waals surface area contributed by atoms with Crippen molar-refractivity contribution in [3.05, 3.63) is 60.6 Å². The molecule has 1 aromatic heterocycles. The molecule has 0 N–H and O–H groups in total. The molecule has 0 amide bonds. The maximum atomic E-state index is 10.7. The summed E-state index contributed by atoms with van der Waals surface area (Å²) in [5.41, 5.74) is 2.87. The van der Waals surface area contributed by atoms with E-state index in [1.165, 1.54) is 0 Å².